The van der Waals surface area contributed by atoms with Crippen LogP contribution < -0.4 is 10.6 Å². The second-order valence-corrected chi connectivity index (χ2v) is 9.59. The maximum Gasteiger partial charge on any atom is 0.326 e. The van der Waals surface area contributed by atoms with E-state index in [0.29, 0.717) is 19.3 Å². The molecule has 0 spiro atoms. The summed E-state index contributed by atoms with van der Waals surface area (Å²) < 4.78 is 0. The molecule has 0 radical (unpaired) electrons. The number of Topliss-reactive ketones (excluding diaryl/α,β-unsaturated/α-hetero) is 1. The first-order chi connectivity index (χ1) is 15.5. The van der Waals surface area contributed by atoms with Crippen LogP contribution in [0.5, 0.6) is 0 Å². The largest absolute Gasteiger partial charge is 0.480 e. The summed E-state index contributed by atoms with van der Waals surface area (Å²) in [5.41, 5.74) is 1.12. The Kier molecular flexibility index (Phi) is 12.8. The van der Waals surface area contributed by atoms with E-state index in [1.54, 1.807) is 0 Å². The molecule has 0 aliphatic carbocycles. The number of aryl methyl sites for hydroxylation is 1. The third kappa shape index (κ3) is 10.9. The molecular weight excluding hydrogens is 440 g/mol. The zero-order valence-corrected chi connectivity index (χ0v) is 20.9. The Hall–Kier alpha value is -2.35. The second kappa shape index (κ2) is 14.7. The molecule has 0 saturated heterocycles. The van der Waals surface area contributed by atoms with Crippen LogP contribution in [0.25, 0.3) is 0 Å². The van der Waals surface area contributed by atoms with Crippen molar-refractivity contribution in [3.63, 3.8) is 0 Å². The molecule has 1 unspecified atom stereocenters. The average Bonchev–Trinajstić information content (AvgIpc) is 2.75. The number of nitrogens with one attached hydrogen (secondary N) is 2. The number of carboxylic acids is 1. The first-order valence-electron chi connectivity index (χ1n) is 11.6. The van der Waals surface area contributed by atoms with Crippen LogP contribution in [0, 0.1) is 17.8 Å². The molecule has 3 atom stereocenters. The van der Waals surface area contributed by atoms with Crippen molar-refractivity contribution in [3.8, 4) is 0 Å². The monoisotopic (exact) mass is 478 g/mol. The molecular formula is C25H38N2O5S. The first-order valence-corrected chi connectivity index (χ1v) is 12.2. The number of carbonyl (C=O) groups excluding carboxylic acids is 3. The van der Waals surface area contributed by atoms with Crippen LogP contribution in [0.15, 0.2) is 30.3 Å². The SMILES string of the molecule is CC(C)C[C@H](NC(=O)[C@H](CC(C)C)NC(=O)C(CCCc1ccccc1)C(=O)CS)C(=O)O. The lowest BCUT2D eigenvalue weighted by Gasteiger charge is -2.25. The third-order valence-electron chi connectivity index (χ3n) is 5.32. The Bertz CT molecular complexity index is 782. The van der Waals surface area contributed by atoms with Crippen LogP contribution in [0.3, 0.4) is 0 Å². The molecule has 3 N–H and O–H groups in total. The van der Waals surface area contributed by atoms with Crippen LogP contribution in [0.1, 0.15) is 58.9 Å². The van der Waals surface area contributed by atoms with E-state index in [0.717, 1.165) is 12.0 Å². The molecule has 0 aliphatic heterocycles. The van der Waals surface area contributed by atoms with Gasteiger partial charge in [0.25, 0.3) is 0 Å². The van der Waals surface area contributed by atoms with E-state index in [1.807, 2.05) is 58.0 Å². The van der Waals surface area contributed by atoms with Crippen LogP contribution >= 0.6 is 12.6 Å². The van der Waals surface area contributed by atoms with Gasteiger partial charge in [-0.3, -0.25) is 14.4 Å². The standard InChI is InChI=1S/C25H38N2O5S/c1-16(2)13-20(24(30)27-21(25(31)32)14-17(3)4)26-23(29)19(22(28)15-33)12-8-11-18-9-6-5-7-10-18/h5-7,9-10,16-17,19-21,33H,8,11-15H2,1-4H3,(H,26,29)(H,27,30)(H,31,32)/t19?,20-,21-/m0/s1. The van der Waals surface area contributed by atoms with E-state index in [2.05, 4.69) is 23.3 Å². The average molecular weight is 479 g/mol. The van der Waals surface area contributed by atoms with Gasteiger partial charge in [-0.15, -0.1) is 0 Å². The van der Waals surface area contributed by atoms with Crippen molar-refractivity contribution < 1.29 is 24.3 Å². The predicted octanol–water partition coefficient (Wildman–Crippen LogP) is 3.27. The predicted molar refractivity (Wildman–Crippen MR) is 132 cm³/mol. The highest BCUT2D eigenvalue weighted by atomic mass is 32.1. The molecule has 0 fully saturated rings. The molecule has 0 aromatic heterocycles. The van der Waals surface area contributed by atoms with Crippen molar-refractivity contribution in [1.29, 1.82) is 0 Å². The lowest BCUT2D eigenvalue weighted by Crippen LogP contribution is -2.53. The molecule has 7 nitrogen and oxygen atoms in total. The molecule has 0 aliphatic rings. The van der Waals surface area contributed by atoms with Crippen molar-refractivity contribution in [2.45, 2.75) is 71.9 Å². The minimum absolute atomic E-state index is 0.0695. The van der Waals surface area contributed by atoms with Gasteiger partial charge in [-0.05, 0) is 49.5 Å². The van der Waals surface area contributed by atoms with E-state index in [4.69, 9.17) is 0 Å². The molecule has 1 aromatic carbocycles. The van der Waals surface area contributed by atoms with Crippen LogP contribution in [0.2, 0.25) is 0 Å². The van der Waals surface area contributed by atoms with Crippen molar-refractivity contribution in [1.82, 2.24) is 10.6 Å². The molecule has 0 bridgehead atoms. The van der Waals surface area contributed by atoms with Gasteiger partial charge in [0.1, 0.15) is 12.1 Å². The Morgan fingerprint density at radius 3 is 1.94 bits per heavy atom. The molecule has 8 heteroatoms. The van der Waals surface area contributed by atoms with Gasteiger partial charge in [-0.1, -0.05) is 58.0 Å². The Labute approximate surface area is 202 Å². The van der Waals surface area contributed by atoms with Crippen LogP contribution in [-0.4, -0.2) is 46.5 Å². The lowest BCUT2D eigenvalue weighted by atomic mass is 9.94. The second-order valence-electron chi connectivity index (χ2n) is 9.27. The lowest BCUT2D eigenvalue weighted by molar-refractivity contribution is -0.143. The summed E-state index contributed by atoms with van der Waals surface area (Å²) in [7, 11) is 0. The maximum absolute atomic E-state index is 13.0. The van der Waals surface area contributed by atoms with Gasteiger partial charge in [-0.25, -0.2) is 4.79 Å². The summed E-state index contributed by atoms with van der Waals surface area (Å²) in [4.78, 5) is 49.9. The van der Waals surface area contributed by atoms with Gasteiger partial charge in [0.05, 0.1) is 11.7 Å². The number of carbonyl (C=O) groups is 4. The van der Waals surface area contributed by atoms with E-state index in [9.17, 15) is 24.3 Å². The smallest absolute Gasteiger partial charge is 0.326 e. The fraction of sp³-hybridized carbons (Fsp3) is 0.600. The minimum atomic E-state index is -1.12. The zero-order valence-electron chi connectivity index (χ0n) is 20.0. The number of ketones is 1. The minimum Gasteiger partial charge on any atom is -0.480 e. The van der Waals surface area contributed by atoms with E-state index >= 15 is 0 Å². The Morgan fingerprint density at radius 1 is 0.879 bits per heavy atom. The van der Waals surface area contributed by atoms with E-state index < -0.39 is 35.8 Å². The normalized spacial score (nSPS) is 13.9. The quantitative estimate of drug-likeness (QED) is 0.228. The molecule has 0 heterocycles. The number of carboxylic acid groups (broad SMARTS) is 1. The first kappa shape index (κ1) is 28.7. The summed E-state index contributed by atoms with van der Waals surface area (Å²) in [6.07, 6.45) is 2.33. The van der Waals surface area contributed by atoms with E-state index in [1.165, 1.54) is 0 Å². The number of hydrogen-bond acceptors (Lipinski definition) is 5. The van der Waals surface area contributed by atoms with Gasteiger partial charge >= 0.3 is 5.97 Å². The topological polar surface area (TPSA) is 113 Å². The highest BCUT2D eigenvalue weighted by Gasteiger charge is 2.31. The zero-order chi connectivity index (χ0) is 25.0. The summed E-state index contributed by atoms with van der Waals surface area (Å²) >= 11 is 4.05. The number of amides is 2. The van der Waals surface area contributed by atoms with Crippen LogP contribution in [0.4, 0.5) is 0 Å². The van der Waals surface area contributed by atoms with Gasteiger partial charge < -0.3 is 15.7 Å². The molecule has 0 saturated carbocycles. The third-order valence-corrected chi connectivity index (χ3v) is 5.64. The number of aliphatic carboxylic acids is 1. The fourth-order valence-electron chi connectivity index (χ4n) is 3.64. The van der Waals surface area contributed by atoms with Gasteiger partial charge in [0, 0.05) is 0 Å². The number of thiol groups is 1. The van der Waals surface area contributed by atoms with Gasteiger partial charge in [0.15, 0.2) is 5.78 Å². The van der Waals surface area contributed by atoms with Crippen molar-refractivity contribution in [2.24, 2.45) is 17.8 Å². The number of hydrogen-bond donors (Lipinski definition) is 4. The van der Waals surface area contributed by atoms with E-state index in [-0.39, 0.29) is 29.8 Å². The summed E-state index contributed by atoms with van der Waals surface area (Å²) in [5.74, 6) is -3.30. The van der Waals surface area contributed by atoms with Crippen molar-refractivity contribution >= 4 is 36.2 Å². The fourth-order valence-corrected chi connectivity index (χ4v) is 3.86. The van der Waals surface area contributed by atoms with Gasteiger partial charge in [-0.2, -0.15) is 12.6 Å². The van der Waals surface area contributed by atoms with Crippen LogP contribution in [-0.2, 0) is 25.6 Å². The molecule has 1 rings (SSSR count). The van der Waals surface area contributed by atoms with Gasteiger partial charge in [0.2, 0.25) is 11.8 Å². The summed E-state index contributed by atoms with van der Waals surface area (Å²) in [6, 6.07) is 7.85. The maximum atomic E-state index is 13.0. The summed E-state index contributed by atoms with van der Waals surface area (Å²) in [5, 5.41) is 14.7. The molecule has 33 heavy (non-hydrogen) atoms. The Balaban J connectivity index is 2.88. The number of rotatable bonds is 15. The molecule has 184 valence electrons. The number of benzene rings is 1. The van der Waals surface area contributed by atoms with Crippen molar-refractivity contribution in [2.75, 3.05) is 5.75 Å². The highest BCUT2D eigenvalue weighted by Crippen LogP contribution is 2.15. The molecule has 1 aromatic rings. The van der Waals surface area contributed by atoms with Crippen molar-refractivity contribution in [3.05, 3.63) is 35.9 Å². The molecule has 2 amide bonds. The highest BCUT2D eigenvalue weighted by molar-refractivity contribution is 7.81. The Morgan fingerprint density at radius 2 is 1.42 bits per heavy atom. The summed E-state index contributed by atoms with van der Waals surface area (Å²) in [6.45, 7) is 7.56.